The van der Waals surface area contributed by atoms with Crippen LogP contribution in [-0.2, 0) is 24.2 Å². The number of aryl methyl sites for hydroxylation is 1. The molecule has 1 aromatic rings. The number of benzene rings is 1. The average molecular weight is 298 g/mol. The van der Waals surface area contributed by atoms with Crippen molar-refractivity contribution in [2.75, 3.05) is 12.4 Å². The van der Waals surface area contributed by atoms with E-state index < -0.39 is 27.3 Å². The van der Waals surface area contributed by atoms with E-state index >= 15 is 0 Å². The Hall–Kier alpha value is -1.69. The molecule has 0 bridgehead atoms. The predicted molar refractivity (Wildman–Crippen MR) is 74.1 cm³/mol. The molecule has 0 amide bonds. The van der Waals surface area contributed by atoms with Crippen LogP contribution in [0.15, 0.2) is 29.2 Å². The predicted octanol–water partition coefficient (Wildman–Crippen LogP) is 1.68. The third-order valence-electron chi connectivity index (χ3n) is 2.69. The van der Waals surface area contributed by atoms with Crippen LogP contribution >= 0.6 is 0 Å². The number of ketones is 1. The molecule has 6 heteroatoms. The van der Waals surface area contributed by atoms with Crippen LogP contribution in [0.4, 0.5) is 0 Å². The first kappa shape index (κ1) is 16.4. The summed E-state index contributed by atoms with van der Waals surface area (Å²) in [4.78, 5) is 22.9. The van der Waals surface area contributed by atoms with Crippen LogP contribution < -0.4 is 0 Å². The lowest BCUT2D eigenvalue weighted by molar-refractivity contribution is -0.144. The molecule has 0 aliphatic rings. The zero-order chi connectivity index (χ0) is 15.2. The molecular weight excluding hydrogens is 280 g/mol. The topological polar surface area (TPSA) is 77.5 Å². The van der Waals surface area contributed by atoms with E-state index in [2.05, 4.69) is 4.74 Å². The minimum absolute atomic E-state index is 0.0873. The summed E-state index contributed by atoms with van der Waals surface area (Å²) >= 11 is 0. The first-order valence-electron chi connectivity index (χ1n) is 6.32. The van der Waals surface area contributed by atoms with Gasteiger partial charge in [-0.05, 0) is 25.5 Å². The molecular formula is C14H18O5S. The standard InChI is InChI=1S/C14H18O5S/c1-3-19-14(16)9-8-12(15)10-20(17,18)13-7-5-4-6-11(13)2/h4-7H,3,8-10H2,1-2H3. The Labute approximate surface area is 118 Å². The van der Waals surface area contributed by atoms with E-state index in [4.69, 9.17) is 0 Å². The molecule has 0 heterocycles. The maximum Gasteiger partial charge on any atom is 0.306 e. The normalized spacial score (nSPS) is 11.1. The molecule has 1 rings (SSSR count). The molecule has 20 heavy (non-hydrogen) atoms. The van der Waals surface area contributed by atoms with Crippen LogP contribution in [0.25, 0.3) is 0 Å². The van der Waals surface area contributed by atoms with Crippen LogP contribution in [0.3, 0.4) is 0 Å². The number of carbonyl (C=O) groups excluding carboxylic acids is 2. The number of hydrogen-bond acceptors (Lipinski definition) is 5. The van der Waals surface area contributed by atoms with Gasteiger partial charge in [-0.25, -0.2) is 8.42 Å². The Morgan fingerprint density at radius 3 is 2.40 bits per heavy atom. The summed E-state index contributed by atoms with van der Waals surface area (Å²) in [5.74, 6) is -1.56. The van der Waals surface area contributed by atoms with E-state index in [0.29, 0.717) is 5.56 Å². The van der Waals surface area contributed by atoms with Gasteiger partial charge in [0.2, 0.25) is 0 Å². The monoisotopic (exact) mass is 298 g/mol. The maximum absolute atomic E-state index is 12.1. The number of Topliss-reactive ketones (excluding diaryl/α,β-unsaturated/α-hetero) is 1. The fourth-order valence-electron chi connectivity index (χ4n) is 1.74. The number of sulfone groups is 1. The van der Waals surface area contributed by atoms with E-state index in [0.717, 1.165) is 0 Å². The second-order valence-electron chi connectivity index (χ2n) is 4.37. The second-order valence-corrected chi connectivity index (χ2v) is 6.33. The van der Waals surface area contributed by atoms with Crippen molar-refractivity contribution in [3.63, 3.8) is 0 Å². The molecule has 0 radical (unpaired) electrons. The van der Waals surface area contributed by atoms with E-state index in [1.54, 1.807) is 32.0 Å². The van der Waals surface area contributed by atoms with Crippen molar-refractivity contribution in [2.24, 2.45) is 0 Å². The summed E-state index contributed by atoms with van der Waals surface area (Å²) in [6.45, 7) is 3.59. The van der Waals surface area contributed by atoms with Crippen LogP contribution in [-0.4, -0.2) is 32.5 Å². The molecule has 0 aliphatic heterocycles. The Morgan fingerprint density at radius 2 is 1.80 bits per heavy atom. The zero-order valence-electron chi connectivity index (χ0n) is 11.6. The fraction of sp³-hybridized carbons (Fsp3) is 0.429. The molecule has 0 atom stereocenters. The lowest BCUT2D eigenvalue weighted by atomic mass is 10.2. The lowest BCUT2D eigenvalue weighted by Crippen LogP contribution is -2.18. The van der Waals surface area contributed by atoms with Crippen LogP contribution in [0, 0.1) is 6.92 Å². The van der Waals surface area contributed by atoms with Crippen molar-refractivity contribution in [1.82, 2.24) is 0 Å². The molecule has 0 aromatic heterocycles. The fourth-order valence-corrected chi connectivity index (χ4v) is 3.31. The van der Waals surface area contributed by atoms with Crippen molar-refractivity contribution in [2.45, 2.75) is 31.6 Å². The molecule has 0 unspecified atom stereocenters. The largest absolute Gasteiger partial charge is 0.466 e. The quantitative estimate of drug-likeness (QED) is 0.716. The van der Waals surface area contributed by atoms with E-state index in [1.807, 2.05) is 0 Å². The van der Waals surface area contributed by atoms with Crippen LogP contribution in [0.2, 0.25) is 0 Å². The van der Waals surface area contributed by atoms with Crippen molar-refractivity contribution in [1.29, 1.82) is 0 Å². The number of hydrogen-bond donors (Lipinski definition) is 0. The third-order valence-corrected chi connectivity index (χ3v) is 4.52. The Balaban J connectivity index is 2.66. The molecule has 5 nitrogen and oxygen atoms in total. The van der Waals surface area contributed by atoms with Gasteiger partial charge >= 0.3 is 5.97 Å². The molecule has 1 aromatic carbocycles. The third kappa shape index (κ3) is 4.77. The van der Waals surface area contributed by atoms with Gasteiger partial charge in [-0.15, -0.1) is 0 Å². The summed E-state index contributed by atoms with van der Waals surface area (Å²) in [6, 6.07) is 6.50. The van der Waals surface area contributed by atoms with Gasteiger partial charge in [-0.1, -0.05) is 18.2 Å². The maximum atomic E-state index is 12.1. The Morgan fingerprint density at radius 1 is 1.15 bits per heavy atom. The SMILES string of the molecule is CCOC(=O)CCC(=O)CS(=O)(=O)c1ccccc1C. The Bertz CT molecular complexity index is 589. The summed E-state index contributed by atoms with van der Waals surface area (Å²) in [5.41, 5.74) is 0.602. The highest BCUT2D eigenvalue weighted by Crippen LogP contribution is 2.16. The molecule has 0 N–H and O–H groups in total. The average Bonchev–Trinajstić information content (AvgIpc) is 2.36. The van der Waals surface area contributed by atoms with Gasteiger partial charge in [-0.2, -0.15) is 0 Å². The Kier molecular flexibility index (Phi) is 5.88. The van der Waals surface area contributed by atoms with Crippen molar-refractivity contribution >= 4 is 21.6 Å². The highest BCUT2D eigenvalue weighted by Gasteiger charge is 2.21. The van der Waals surface area contributed by atoms with Crippen molar-refractivity contribution < 1.29 is 22.7 Å². The molecule has 110 valence electrons. The van der Waals surface area contributed by atoms with Gasteiger partial charge < -0.3 is 4.74 Å². The summed E-state index contributed by atoms with van der Waals surface area (Å²) < 4.78 is 28.9. The molecule has 0 saturated heterocycles. The highest BCUT2D eigenvalue weighted by atomic mass is 32.2. The van der Waals surface area contributed by atoms with Crippen LogP contribution in [0.5, 0.6) is 0 Å². The van der Waals surface area contributed by atoms with E-state index in [9.17, 15) is 18.0 Å². The molecule has 0 aliphatic carbocycles. The zero-order valence-corrected chi connectivity index (χ0v) is 12.4. The van der Waals surface area contributed by atoms with Gasteiger partial charge in [0, 0.05) is 6.42 Å². The summed E-state index contributed by atoms with van der Waals surface area (Å²) in [5, 5.41) is 0. The van der Waals surface area contributed by atoms with E-state index in [-0.39, 0.29) is 24.3 Å². The summed E-state index contributed by atoms with van der Waals surface area (Å²) in [7, 11) is -3.65. The molecule has 0 saturated carbocycles. The minimum atomic E-state index is -3.65. The number of esters is 1. The second kappa shape index (κ2) is 7.19. The van der Waals surface area contributed by atoms with Gasteiger partial charge in [0.25, 0.3) is 0 Å². The smallest absolute Gasteiger partial charge is 0.306 e. The first-order chi connectivity index (χ1) is 9.36. The molecule has 0 spiro atoms. The highest BCUT2D eigenvalue weighted by molar-refractivity contribution is 7.92. The number of carbonyl (C=O) groups is 2. The first-order valence-corrected chi connectivity index (χ1v) is 7.97. The minimum Gasteiger partial charge on any atom is -0.466 e. The van der Waals surface area contributed by atoms with Crippen LogP contribution in [0.1, 0.15) is 25.3 Å². The number of ether oxygens (including phenoxy) is 1. The van der Waals surface area contributed by atoms with Crippen molar-refractivity contribution in [3.05, 3.63) is 29.8 Å². The van der Waals surface area contributed by atoms with Crippen molar-refractivity contribution in [3.8, 4) is 0 Å². The van der Waals surface area contributed by atoms with Gasteiger partial charge in [0.05, 0.1) is 17.9 Å². The number of rotatable bonds is 7. The van der Waals surface area contributed by atoms with Gasteiger partial charge in [0.1, 0.15) is 11.5 Å². The van der Waals surface area contributed by atoms with Gasteiger partial charge in [-0.3, -0.25) is 9.59 Å². The lowest BCUT2D eigenvalue weighted by Gasteiger charge is -2.06. The molecule has 0 fully saturated rings. The van der Waals surface area contributed by atoms with E-state index in [1.165, 1.54) is 6.07 Å². The van der Waals surface area contributed by atoms with Gasteiger partial charge in [0.15, 0.2) is 9.84 Å². The summed E-state index contributed by atoms with van der Waals surface area (Å²) in [6.07, 6.45) is -0.208.